The van der Waals surface area contributed by atoms with E-state index in [0.717, 1.165) is 29.0 Å². The van der Waals surface area contributed by atoms with E-state index in [1.807, 2.05) is 36.4 Å². The highest BCUT2D eigenvalue weighted by Crippen LogP contribution is 2.34. The summed E-state index contributed by atoms with van der Waals surface area (Å²) in [6, 6.07) is 16.4. The molecule has 2 rings (SSSR count). The van der Waals surface area contributed by atoms with Gasteiger partial charge in [-0.1, -0.05) is 88.8 Å². The van der Waals surface area contributed by atoms with Gasteiger partial charge >= 0.3 is 0 Å². The van der Waals surface area contributed by atoms with Gasteiger partial charge in [0.25, 0.3) is 5.79 Å². The molecule has 0 fully saturated rings. The fourth-order valence-electron chi connectivity index (χ4n) is 3.49. The van der Waals surface area contributed by atoms with Gasteiger partial charge in [0.15, 0.2) is 0 Å². The van der Waals surface area contributed by atoms with Crippen molar-refractivity contribution in [2.45, 2.75) is 85.4 Å². The molecule has 2 heteroatoms. The Morgan fingerprint density at radius 1 is 0.750 bits per heavy atom. The van der Waals surface area contributed by atoms with Crippen LogP contribution in [0.25, 0.3) is 0 Å². The van der Waals surface area contributed by atoms with Gasteiger partial charge < -0.3 is 9.47 Å². The van der Waals surface area contributed by atoms with Crippen LogP contribution in [-0.2, 0) is 0 Å². The number of aryl methyl sites for hydroxylation is 2. The van der Waals surface area contributed by atoms with Crippen LogP contribution in [-0.4, -0.2) is 5.79 Å². The standard InChI is InChI=1S/C26H38O2/c1-6-7-8-9-10-11-18-23(4)26(5,27-24-19-14-12-16-21(24)2)28-25-20-15-13-17-22(25)3/h12-17,19-20,23H,6-11,18H2,1-5H3. The Morgan fingerprint density at radius 2 is 1.21 bits per heavy atom. The third-order valence-electron chi connectivity index (χ3n) is 5.70. The molecule has 0 spiro atoms. The Labute approximate surface area is 172 Å². The van der Waals surface area contributed by atoms with E-state index in [9.17, 15) is 0 Å². The molecule has 0 aliphatic rings. The summed E-state index contributed by atoms with van der Waals surface area (Å²) in [6.07, 6.45) is 8.92. The summed E-state index contributed by atoms with van der Waals surface area (Å²) in [5.74, 6) is 1.36. The maximum absolute atomic E-state index is 6.53. The summed E-state index contributed by atoms with van der Waals surface area (Å²) in [4.78, 5) is 0. The van der Waals surface area contributed by atoms with Crippen LogP contribution in [0.1, 0.15) is 76.8 Å². The van der Waals surface area contributed by atoms with E-state index in [1.54, 1.807) is 0 Å². The third kappa shape index (κ3) is 6.58. The highest BCUT2D eigenvalue weighted by atomic mass is 16.7. The largest absolute Gasteiger partial charge is 0.452 e. The van der Waals surface area contributed by atoms with Gasteiger partial charge in [-0.05, 0) is 43.5 Å². The third-order valence-corrected chi connectivity index (χ3v) is 5.70. The molecule has 0 N–H and O–H groups in total. The van der Waals surface area contributed by atoms with Gasteiger partial charge in [0.1, 0.15) is 11.5 Å². The van der Waals surface area contributed by atoms with Crippen molar-refractivity contribution in [3.05, 3.63) is 59.7 Å². The molecule has 0 saturated carbocycles. The van der Waals surface area contributed by atoms with Crippen LogP contribution in [0.5, 0.6) is 11.5 Å². The highest BCUT2D eigenvalue weighted by molar-refractivity contribution is 5.34. The van der Waals surface area contributed by atoms with E-state index in [2.05, 4.69) is 46.8 Å². The minimum Gasteiger partial charge on any atom is -0.452 e. The fraction of sp³-hybridized carbons (Fsp3) is 0.538. The smallest absolute Gasteiger partial charge is 0.251 e. The number of rotatable bonds is 12. The second kappa shape index (κ2) is 11.1. The number of benzene rings is 2. The quantitative estimate of drug-likeness (QED) is 0.275. The summed E-state index contributed by atoms with van der Waals surface area (Å²) in [7, 11) is 0. The van der Waals surface area contributed by atoms with E-state index in [4.69, 9.17) is 9.47 Å². The monoisotopic (exact) mass is 382 g/mol. The van der Waals surface area contributed by atoms with Gasteiger partial charge in [-0.3, -0.25) is 0 Å². The second-order valence-corrected chi connectivity index (χ2v) is 8.21. The van der Waals surface area contributed by atoms with Crippen molar-refractivity contribution in [3.63, 3.8) is 0 Å². The van der Waals surface area contributed by atoms with E-state index in [1.165, 1.54) is 38.5 Å². The van der Waals surface area contributed by atoms with E-state index in [0.29, 0.717) is 0 Å². The summed E-state index contributed by atoms with van der Waals surface area (Å²) in [5.41, 5.74) is 2.27. The van der Waals surface area contributed by atoms with Crippen molar-refractivity contribution in [2.24, 2.45) is 5.92 Å². The zero-order chi connectivity index (χ0) is 20.4. The Balaban J connectivity index is 2.11. The molecule has 1 unspecified atom stereocenters. The lowest BCUT2D eigenvalue weighted by molar-refractivity contribution is -0.139. The van der Waals surface area contributed by atoms with Crippen molar-refractivity contribution in [1.82, 2.24) is 0 Å². The van der Waals surface area contributed by atoms with Gasteiger partial charge in [-0.25, -0.2) is 0 Å². The molecule has 0 saturated heterocycles. The molecule has 0 aromatic heterocycles. The molecule has 0 aliphatic carbocycles. The molecule has 0 radical (unpaired) electrons. The molecule has 154 valence electrons. The predicted octanol–water partition coefficient (Wildman–Crippen LogP) is 7.86. The number of unbranched alkanes of at least 4 members (excludes halogenated alkanes) is 5. The molecular formula is C26H38O2. The van der Waals surface area contributed by atoms with Crippen LogP contribution in [0.4, 0.5) is 0 Å². The minimum absolute atomic E-state index is 0.276. The number of ether oxygens (including phenoxy) is 2. The number of hydrogen-bond donors (Lipinski definition) is 0. The lowest BCUT2D eigenvalue weighted by Crippen LogP contribution is -2.45. The molecule has 0 heterocycles. The van der Waals surface area contributed by atoms with Gasteiger partial charge in [0, 0.05) is 12.8 Å². The molecule has 2 aromatic rings. The molecule has 2 nitrogen and oxygen atoms in total. The van der Waals surface area contributed by atoms with Crippen LogP contribution >= 0.6 is 0 Å². The van der Waals surface area contributed by atoms with Gasteiger partial charge in [0.05, 0.1) is 0 Å². The van der Waals surface area contributed by atoms with E-state index >= 15 is 0 Å². The van der Waals surface area contributed by atoms with Crippen LogP contribution in [0, 0.1) is 19.8 Å². The van der Waals surface area contributed by atoms with Crippen molar-refractivity contribution >= 4 is 0 Å². The second-order valence-electron chi connectivity index (χ2n) is 8.21. The molecule has 0 aliphatic heterocycles. The van der Waals surface area contributed by atoms with Crippen molar-refractivity contribution in [3.8, 4) is 11.5 Å². The SMILES string of the molecule is CCCCCCCCC(C)C(C)(Oc1ccccc1C)Oc1ccccc1C. The summed E-state index contributed by atoms with van der Waals surface area (Å²) in [5, 5.41) is 0. The van der Waals surface area contributed by atoms with Crippen molar-refractivity contribution < 1.29 is 9.47 Å². The van der Waals surface area contributed by atoms with Crippen LogP contribution < -0.4 is 9.47 Å². The summed E-state index contributed by atoms with van der Waals surface area (Å²) in [6.45, 7) is 10.8. The molecular weight excluding hydrogens is 344 g/mol. The first-order chi connectivity index (χ1) is 13.5. The fourth-order valence-corrected chi connectivity index (χ4v) is 3.49. The number of hydrogen-bond acceptors (Lipinski definition) is 2. The van der Waals surface area contributed by atoms with Gasteiger partial charge in [-0.2, -0.15) is 0 Å². The number of para-hydroxylation sites is 2. The maximum atomic E-state index is 6.53. The van der Waals surface area contributed by atoms with Crippen LogP contribution in [0.3, 0.4) is 0 Å². The molecule has 28 heavy (non-hydrogen) atoms. The normalized spacial score (nSPS) is 12.6. The Morgan fingerprint density at radius 3 is 1.71 bits per heavy atom. The van der Waals surface area contributed by atoms with E-state index in [-0.39, 0.29) is 5.92 Å². The predicted molar refractivity (Wildman–Crippen MR) is 119 cm³/mol. The van der Waals surface area contributed by atoms with Crippen molar-refractivity contribution in [1.29, 1.82) is 0 Å². The zero-order valence-electron chi connectivity index (χ0n) is 18.5. The first-order valence-corrected chi connectivity index (χ1v) is 11.0. The lowest BCUT2D eigenvalue weighted by atomic mass is 9.94. The average Bonchev–Trinajstić information content (AvgIpc) is 2.68. The summed E-state index contributed by atoms with van der Waals surface area (Å²) >= 11 is 0. The molecule has 0 bridgehead atoms. The molecule has 2 aromatic carbocycles. The Hall–Kier alpha value is -1.96. The minimum atomic E-state index is -0.707. The molecule has 1 atom stereocenters. The van der Waals surface area contributed by atoms with Crippen LogP contribution in [0.15, 0.2) is 48.5 Å². The maximum Gasteiger partial charge on any atom is 0.251 e. The zero-order valence-corrected chi connectivity index (χ0v) is 18.5. The Kier molecular flexibility index (Phi) is 8.89. The van der Waals surface area contributed by atoms with Gasteiger partial charge in [0.2, 0.25) is 0 Å². The Bertz CT molecular complexity index is 660. The van der Waals surface area contributed by atoms with Crippen LogP contribution in [0.2, 0.25) is 0 Å². The lowest BCUT2D eigenvalue weighted by Gasteiger charge is -2.37. The average molecular weight is 383 g/mol. The highest BCUT2D eigenvalue weighted by Gasteiger charge is 2.36. The molecule has 0 amide bonds. The topological polar surface area (TPSA) is 18.5 Å². The van der Waals surface area contributed by atoms with Crippen molar-refractivity contribution in [2.75, 3.05) is 0 Å². The first kappa shape index (κ1) is 22.3. The first-order valence-electron chi connectivity index (χ1n) is 11.0. The summed E-state index contributed by atoms with van der Waals surface area (Å²) < 4.78 is 13.1. The van der Waals surface area contributed by atoms with E-state index < -0.39 is 5.79 Å². The van der Waals surface area contributed by atoms with Gasteiger partial charge in [-0.15, -0.1) is 0 Å².